The Morgan fingerprint density at radius 1 is 1.17 bits per heavy atom. The van der Waals surface area contributed by atoms with Crippen LogP contribution in [-0.4, -0.2) is 78.9 Å². The summed E-state index contributed by atoms with van der Waals surface area (Å²) >= 11 is 1.50. The fraction of sp³-hybridized carbons (Fsp3) is 0.407. The Morgan fingerprint density at radius 2 is 1.86 bits per heavy atom. The summed E-state index contributed by atoms with van der Waals surface area (Å²) in [4.78, 5) is 16.1. The Kier molecular flexibility index (Phi) is 13.9. The molecule has 0 aliphatic carbocycles. The minimum atomic E-state index is -0.349. The van der Waals surface area contributed by atoms with Crippen molar-refractivity contribution < 1.29 is 0 Å². The monoisotopic (exact) mass is 510 g/mol. The first-order valence-corrected chi connectivity index (χ1v) is 13.2. The summed E-state index contributed by atoms with van der Waals surface area (Å²) in [5.74, 6) is 1.12. The van der Waals surface area contributed by atoms with Gasteiger partial charge < -0.3 is 21.0 Å². The van der Waals surface area contributed by atoms with Crippen LogP contribution < -0.4 is 16.6 Å². The maximum atomic E-state index is 6.46. The molecule has 0 amide bonds. The highest BCUT2D eigenvalue weighted by molar-refractivity contribution is 8.02. The van der Waals surface area contributed by atoms with E-state index in [1.165, 1.54) is 22.9 Å². The lowest BCUT2D eigenvalue weighted by Gasteiger charge is -2.31. The van der Waals surface area contributed by atoms with Crippen LogP contribution in [0.5, 0.6) is 0 Å². The van der Waals surface area contributed by atoms with Gasteiger partial charge in [-0.25, -0.2) is 10.4 Å². The first-order chi connectivity index (χ1) is 17.4. The van der Waals surface area contributed by atoms with Crippen molar-refractivity contribution in [3.63, 3.8) is 0 Å². The standard InChI is InChI=1S/C27H42N8S/c1-6-8-9-10-11-20-36-26(28)34(5)27(29-22-35-18-16-33(4)17-19-35)31-25(7-2)32-30-21-24-14-12-23(3)13-15-24/h6-15,20,26,30H,2,16-19,21-22,28H2,1,3-5H3,(H,29,31,32)/b8-6-,10-9-,20-11+. The van der Waals surface area contributed by atoms with Crippen LogP contribution in [0.3, 0.4) is 0 Å². The van der Waals surface area contributed by atoms with Crippen LogP contribution >= 0.6 is 11.8 Å². The number of hydrogen-bond acceptors (Lipinski definition) is 6. The van der Waals surface area contributed by atoms with E-state index in [2.05, 4.69) is 65.5 Å². The number of nitrogens with zero attached hydrogens (tertiary/aromatic N) is 5. The van der Waals surface area contributed by atoms with E-state index in [9.17, 15) is 0 Å². The molecule has 9 heteroatoms. The maximum Gasteiger partial charge on any atom is 0.225 e. The molecule has 196 valence electrons. The molecule has 36 heavy (non-hydrogen) atoms. The van der Waals surface area contributed by atoms with Crippen molar-refractivity contribution in [3.05, 3.63) is 83.8 Å². The molecule has 2 rings (SSSR count). The summed E-state index contributed by atoms with van der Waals surface area (Å²) in [6, 6.07) is 8.40. The van der Waals surface area contributed by atoms with Gasteiger partial charge in [0.05, 0.1) is 6.67 Å². The van der Waals surface area contributed by atoms with Gasteiger partial charge in [0.2, 0.25) is 5.96 Å². The number of aliphatic imine (C=N–C) groups is 2. The normalized spacial score (nSPS) is 17.4. The zero-order valence-electron chi connectivity index (χ0n) is 22.1. The third kappa shape index (κ3) is 11.4. The molecule has 8 nitrogen and oxygen atoms in total. The van der Waals surface area contributed by atoms with Crippen molar-refractivity contribution in [1.82, 2.24) is 25.6 Å². The summed E-state index contributed by atoms with van der Waals surface area (Å²) in [7, 11) is 4.06. The lowest BCUT2D eigenvalue weighted by molar-refractivity contribution is 0.157. The maximum absolute atomic E-state index is 6.46. The van der Waals surface area contributed by atoms with E-state index in [4.69, 9.17) is 15.7 Å². The smallest absolute Gasteiger partial charge is 0.225 e. The Bertz CT molecular complexity index is 928. The molecule has 0 bridgehead atoms. The summed E-state index contributed by atoms with van der Waals surface area (Å²) < 4.78 is 0. The van der Waals surface area contributed by atoms with Gasteiger partial charge in [-0.05, 0) is 37.9 Å². The van der Waals surface area contributed by atoms with Gasteiger partial charge in [0.25, 0.3) is 0 Å². The lowest BCUT2D eigenvalue weighted by Crippen LogP contribution is -2.45. The van der Waals surface area contributed by atoms with Crippen LogP contribution in [0.15, 0.2) is 82.7 Å². The number of hydrazine groups is 1. The van der Waals surface area contributed by atoms with Crippen molar-refractivity contribution >= 4 is 23.6 Å². The zero-order valence-corrected chi connectivity index (χ0v) is 22.9. The number of benzene rings is 1. The van der Waals surface area contributed by atoms with E-state index < -0.39 is 0 Å². The first kappa shape index (κ1) is 29.5. The number of allylic oxidation sites excluding steroid dienone is 5. The fourth-order valence-corrected chi connectivity index (χ4v) is 3.79. The number of piperazine rings is 1. The molecular formula is C27H42N8S. The third-order valence-corrected chi connectivity index (χ3v) is 6.48. The number of likely N-dealkylation sites (N-methyl/N-ethyl adjacent to an activating group) is 1. The molecule has 0 aromatic heterocycles. The number of hydrogen-bond donors (Lipinski definition) is 3. The van der Waals surface area contributed by atoms with E-state index in [-0.39, 0.29) is 5.50 Å². The topological polar surface area (TPSA) is 84.5 Å². The molecule has 1 fully saturated rings. The predicted molar refractivity (Wildman–Crippen MR) is 157 cm³/mol. The van der Waals surface area contributed by atoms with E-state index in [1.807, 2.05) is 54.7 Å². The minimum absolute atomic E-state index is 0.349. The van der Waals surface area contributed by atoms with Crippen molar-refractivity contribution in [3.8, 4) is 0 Å². The minimum Gasteiger partial charge on any atom is -0.319 e. The van der Waals surface area contributed by atoms with Crippen LogP contribution in [0.2, 0.25) is 0 Å². The highest BCUT2D eigenvalue weighted by atomic mass is 32.2. The van der Waals surface area contributed by atoms with Crippen molar-refractivity contribution in [2.75, 3.05) is 46.9 Å². The van der Waals surface area contributed by atoms with Gasteiger partial charge in [0, 0.05) is 39.8 Å². The predicted octanol–water partition coefficient (Wildman–Crippen LogP) is 3.29. The van der Waals surface area contributed by atoms with Gasteiger partial charge in [-0.15, -0.1) is 0 Å². The number of thioether (sulfide) groups is 1. The van der Waals surface area contributed by atoms with Crippen molar-refractivity contribution in [2.45, 2.75) is 25.9 Å². The quantitative estimate of drug-likeness (QED) is 0.139. The molecule has 4 N–H and O–H groups in total. The molecule has 0 radical (unpaired) electrons. The largest absolute Gasteiger partial charge is 0.319 e. The Balaban J connectivity index is 2.08. The molecule has 1 saturated heterocycles. The second-order valence-electron chi connectivity index (χ2n) is 8.56. The average Bonchev–Trinajstić information content (AvgIpc) is 2.89. The number of amidine groups is 1. The molecule has 0 spiro atoms. The van der Waals surface area contributed by atoms with Crippen molar-refractivity contribution in [2.24, 2.45) is 15.7 Å². The lowest BCUT2D eigenvalue weighted by atomic mass is 10.1. The summed E-state index contributed by atoms with van der Waals surface area (Å²) in [5.41, 5.74) is 14.9. The van der Waals surface area contributed by atoms with E-state index in [0.29, 0.717) is 25.0 Å². The fourth-order valence-electron chi connectivity index (χ4n) is 3.17. The molecule has 1 unspecified atom stereocenters. The van der Waals surface area contributed by atoms with Gasteiger partial charge in [-0.3, -0.25) is 4.90 Å². The number of rotatable bonds is 11. The molecule has 1 aliphatic heterocycles. The molecule has 1 aliphatic rings. The Labute approximate surface area is 221 Å². The van der Waals surface area contributed by atoms with E-state index in [0.717, 1.165) is 26.2 Å². The van der Waals surface area contributed by atoms with Crippen LogP contribution in [-0.2, 0) is 6.54 Å². The van der Waals surface area contributed by atoms with Gasteiger partial charge in [0.1, 0.15) is 11.3 Å². The Morgan fingerprint density at radius 3 is 2.53 bits per heavy atom. The second kappa shape index (κ2) is 16.9. The van der Waals surface area contributed by atoms with Gasteiger partial charge in [-0.1, -0.05) is 78.5 Å². The average molecular weight is 511 g/mol. The molecule has 1 heterocycles. The number of aryl methyl sites for hydroxylation is 1. The Hall–Kier alpha value is -2.69. The summed E-state index contributed by atoms with van der Waals surface area (Å²) in [5, 5.41) is 1.97. The number of nitrogens with one attached hydrogen (secondary N) is 2. The third-order valence-electron chi connectivity index (χ3n) is 5.57. The second-order valence-corrected chi connectivity index (χ2v) is 9.59. The van der Waals surface area contributed by atoms with Crippen LogP contribution in [0.4, 0.5) is 0 Å². The highest BCUT2D eigenvalue weighted by Crippen LogP contribution is 2.13. The first-order valence-electron chi connectivity index (χ1n) is 12.2. The van der Waals surface area contributed by atoms with Crippen LogP contribution in [0.25, 0.3) is 0 Å². The number of guanidine groups is 1. The zero-order chi connectivity index (χ0) is 26.2. The summed E-state index contributed by atoms with van der Waals surface area (Å²) in [6.07, 6.45) is 11.6. The SMILES string of the molecule is C=C/C(=N\C(=N\CN1CCN(C)CC1)N(C)C(N)S/C=C/C=C\C=C/C)NNCc1ccc(C)cc1. The molecule has 1 atom stereocenters. The van der Waals surface area contributed by atoms with E-state index in [1.54, 1.807) is 6.08 Å². The molecular weight excluding hydrogens is 468 g/mol. The van der Waals surface area contributed by atoms with Gasteiger partial charge in [-0.2, -0.15) is 4.99 Å². The van der Waals surface area contributed by atoms with Gasteiger partial charge >= 0.3 is 0 Å². The van der Waals surface area contributed by atoms with Crippen LogP contribution in [0, 0.1) is 6.92 Å². The van der Waals surface area contributed by atoms with Crippen LogP contribution in [0.1, 0.15) is 18.1 Å². The molecule has 0 saturated carbocycles. The van der Waals surface area contributed by atoms with Gasteiger partial charge in [0.15, 0.2) is 0 Å². The number of nitrogens with two attached hydrogens (primary N) is 1. The molecule has 1 aromatic carbocycles. The highest BCUT2D eigenvalue weighted by Gasteiger charge is 2.17. The van der Waals surface area contributed by atoms with E-state index >= 15 is 0 Å². The summed E-state index contributed by atoms with van der Waals surface area (Å²) in [6.45, 7) is 13.2. The molecule has 1 aromatic rings. The van der Waals surface area contributed by atoms with Crippen molar-refractivity contribution in [1.29, 1.82) is 0 Å².